The molecule has 3 N–H and O–H groups in total. The van der Waals surface area contributed by atoms with Gasteiger partial charge in [-0.1, -0.05) is 6.07 Å². The Balaban J connectivity index is 2.09. The van der Waals surface area contributed by atoms with Gasteiger partial charge in [0.2, 0.25) is 5.84 Å². The number of carbonyl (C=O) groups is 1. The number of thioether (sulfide) groups is 1. The van der Waals surface area contributed by atoms with Crippen LogP contribution in [0.5, 0.6) is 0 Å². The van der Waals surface area contributed by atoms with Crippen LogP contribution in [0.25, 0.3) is 0 Å². The molecule has 1 aromatic heterocycles. The summed E-state index contributed by atoms with van der Waals surface area (Å²) in [6.07, 6.45) is 2.53. The number of nitrogens with zero attached hydrogens (tertiary/aromatic N) is 1. The average Bonchev–Trinajstić information content (AvgIpc) is 2.29. The van der Waals surface area contributed by atoms with Gasteiger partial charge < -0.3 is 10.4 Å². The van der Waals surface area contributed by atoms with Gasteiger partial charge in [0.25, 0.3) is 0 Å². The third-order valence-corrected chi connectivity index (χ3v) is 2.75. The quantitative estimate of drug-likeness (QED) is 0.311. The lowest BCUT2D eigenvalue weighted by atomic mass is 10.4. The van der Waals surface area contributed by atoms with Crippen molar-refractivity contribution >= 4 is 23.6 Å². The van der Waals surface area contributed by atoms with Gasteiger partial charge in [-0.3, -0.25) is 5.41 Å². The van der Waals surface area contributed by atoms with Gasteiger partial charge in [-0.15, -0.1) is 11.8 Å². The van der Waals surface area contributed by atoms with Crippen LogP contribution in [0, 0.1) is 5.41 Å². The molecular formula is C10H13N3O2S. The number of hydrogen-bond acceptors (Lipinski definition) is 4. The van der Waals surface area contributed by atoms with E-state index >= 15 is 0 Å². The van der Waals surface area contributed by atoms with Crippen LogP contribution >= 0.6 is 11.8 Å². The van der Waals surface area contributed by atoms with E-state index in [4.69, 9.17) is 10.5 Å². The SMILES string of the molecule is N=C(NCCCSc1ccccn1)C(=O)O. The zero-order chi connectivity index (χ0) is 11.8. The van der Waals surface area contributed by atoms with Crippen molar-refractivity contribution in [1.82, 2.24) is 10.3 Å². The van der Waals surface area contributed by atoms with Crippen molar-refractivity contribution in [2.24, 2.45) is 0 Å². The third-order valence-electron chi connectivity index (χ3n) is 1.72. The molecule has 0 atom stereocenters. The number of aromatic nitrogens is 1. The molecule has 1 heterocycles. The maximum absolute atomic E-state index is 10.3. The van der Waals surface area contributed by atoms with Crippen molar-refractivity contribution in [2.75, 3.05) is 12.3 Å². The van der Waals surface area contributed by atoms with Crippen molar-refractivity contribution in [2.45, 2.75) is 11.4 Å². The maximum Gasteiger partial charge on any atom is 0.370 e. The second-order valence-corrected chi connectivity index (χ2v) is 4.09. The average molecular weight is 239 g/mol. The van der Waals surface area contributed by atoms with Gasteiger partial charge in [-0.25, -0.2) is 9.78 Å². The molecule has 1 rings (SSSR count). The van der Waals surface area contributed by atoms with E-state index < -0.39 is 11.8 Å². The molecule has 0 spiro atoms. The highest BCUT2D eigenvalue weighted by atomic mass is 32.2. The summed E-state index contributed by atoms with van der Waals surface area (Å²) in [5, 5.41) is 18.9. The molecule has 0 bridgehead atoms. The van der Waals surface area contributed by atoms with Crippen LogP contribution in [0.2, 0.25) is 0 Å². The fourth-order valence-corrected chi connectivity index (χ4v) is 1.78. The first-order valence-corrected chi connectivity index (χ1v) is 5.78. The molecule has 0 aliphatic rings. The Labute approximate surface area is 97.8 Å². The van der Waals surface area contributed by atoms with E-state index in [0.29, 0.717) is 6.54 Å². The van der Waals surface area contributed by atoms with Crippen molar-refractivity contribution < 1.29 is 9.90 Å². The molecule has 0 amide bonds. The summed E-state index contributed by atoms with van der Waals surface area (Å²) < 4.78 is 0. The highest BCUT2D eigenvalue weighted by molar-refractivity contribution is 7.99. The summed E-state index contributed by atoms with van der Waals surface area (Å²) in [6.45, 7) is 0.491. The number of rotatable bonds is 5. The summed E-state index contributed by atoms with van der Waals surface area (Å²) in [5.74, 6) is -0.836. The first kappa shape index (κ1) is 12.5. The molecule has 5 nitrogen and oxygen atoms in total. The Morgan fingerprint density at radius 3 is 3.00 bits per heavy atom. The minimum absolute atomic E-state index is 0.456. The lowest BCUT2D eigenvalue weighted by Gasteiger charge is -2.03. The lowest BCUT2D eigenvalue weighted by molar-refractivity contribution is -0.129. The molecule has 0 aliphatic carbocycles. The minimum Gasteiger partial charge on any atom is -0.475 e. The van der Waals surface area contributed by atoms with E-state index in [9.17, 15) is 4.79 Å². The Morgan fingerprint density at radius 2 is 2.38 bits per heavy atom. The number of carboxylic acids is 1. The largest absolute Gasteiger partial charge is 0.475 e. The molecule has 16 heavy (non-hydrogen) atoms. The van der Waals surface area contributed by atoms with Crippen molar-refractivity contribution in [3.8, 4) is 0 Å². The molecule has 1 aromatic rings. The summed E-state index contributed by atoms with van der Waals surface area (Å²) in [6, 6.07) is 5.71. The van der Waals surface area contributed by atoms with E-state index in [1.807, 2.05) is 18.2 Å². The van der Waals surface area contributed by atoms with Crippen molar-refractivity contribution in [3.63, 3.8) is 0 Å². The fourth-order valence-electron chi connectivity index (χ4n) is 0.970. The molecule has 0 aliphatic heterocycles. The van der Waals surface area contributed by atoms with Crippen LogP contribution in [0.4, 0.5) is 0 Å². The zero-order valence-electron chi connectivity index (χ0n) is 8.64. The number of pyridine rings is 1. The Hall–Kier alpha value is -1.56. The smallest absolute Gasteiger partial charge is 0.370 e. The molecular weight excluding hydrogens is 226 g/mol. The standard InChI is InChI=1S/C10H13N3O2S/c11-9(10(14)15)13-6-3-7-16-8-4-1-2-5-12-8/h1-2,4-5H,3,6-7H2,(H2,11,13)(H,14,15). The van der Waals surface area contributed by atoms with Crippen LogP contribution in [-0.4, -0.2) is 34.2 Å². The van der Waals surface area contributed by atoms with Gasteiger partial charge in [-0.05, 0) is 18.6 Å². The molecule has 0 saturated heterocycles. The van der Waals surface area contributed by atoms with E-state index in [2.05, 4.69) is 10.3 Å². The second kappa shape index (κ2) is 6.84. The third kappa shape index (κ3) is 4.79. The maximum atomic E-state index is 10.3. The van der Waals surface area contributed by atoms with Crippen LogP contribution in [-0.2, 0) is 4.79 Å². The topological polar surface area (TPSA) is 86.1 Å². The van der Waals surface area contributed by atoms with Gasteiger partial charge in [-0.2, -0.15) is 0 Å². The Bertz CT molecular complexity index is 356. The Morgan fingerprint density at radius 1 is 1.56 bits per heavy atom. The van der Waals surface area contributed by atoms with Gasteiger partial charge in [0, 0.05) is 18.5 Å². The van der Waals surface area contributed by atoms with Crippen LogP contribution < -0.4 is 5.32 Å². The van der Waals surface area contributed by atoms with Crippen molar-refractivity contribution in [1.29, 1.82) is 5.41 Å². The van der Waals surface area contributed by atoms with Crippen LogP contribution in [0.3, 0.4) is 0 Å². The molecule has 0 fully saturated rings. The first-order chi connectivity index (χ1) is 7.70. The summed E-state index contributed by atoms with van der Waals surface area (Å²) in [4.78, 5) is 14.4. The molecule has 6 heteroatoms. The number of carboxylic acid groups (broad SMARTS) is 1. The van der Waals surface area contributed by atoms with Crippen molar-refractivity contribution in [3.05, 3.63) is 24.4 Å². The van der Waals surface area contributed by atoms with E-state index in [-0.39, 0.29) is 0 Å². The first-order valence-electron chi connectivity index (χ1n) is 4.79. The van der Waals surface area contributed by atoms with Gasteiger partial charge in [0.15, 0.2) is 0 Å². The summed E-state index contributed by atoms with van der Waals surface area (Å²) >= 11 is 1.61. The number of nitrogens with one attached hydrogen (secondary N) is 2. The highest BCUT2D eigenvalue weighted by Gasteiger charge is 2.03. The Kier molecular flexibility index (Phi) is 5.35. The highest BCUT2D eigenvalue weighted by Crippen LogP contribution is 2.14. The van der Waals surface area contributed by atoms with Gasteiger partial charge >= 0.3 is 5.97 Å². The molecule has 0 unspecified atom stereocenters. The second-order valence-electron chi connectivity index (χ2n) is 2.98. The summed E-state index contributed by atoms with van der Waals surface area (Å²) in [5.41, 5.74) is 0. The molecule has 0 aromatic carbocycles. The molecule has 0 radical (unpaired) electrons. The fraction of sp³-hybridized carbons (Fsp3) is 0.300. The molecule has 86 valence electrons. The minimum atomic E-state index is -1.22. The van der Waals surface area contributed by atoms with E-state index in [1.54, 1.807) is 18.0 Å². The molecule has 0 saturated carbocycles. The number of aliphatic carboxylic acids is 1. The van der Waals surface area contributed by atoms with Gasteiger partial charge in [0.1, 0.15) is 0 Å². The number of amidine groups is 1. The summed E-state index contributed by atoms with van der Waals surface area (Å²) in [7, 11) is 0. The van der Waals surface area contributed by atoms with E-state index in [0.717, 1.165) is 17.2 Å². The van der Waals surface area contributed by atoms with Crippen LogP contribution in [0.15, 0.2) is 29.4 Å². The predicted octanol–water partition coefficient (Wildman–Crippen LogP) is 1.22. The van der Waals surface area contributed by atoms with Crippen LogP contribution in [0.1, 0.15) is 6.42 Å². The monoisotopic (exact) mass is 239 g/mol. The normalized spacial score (nSPS) is 9.75. The lowest BCUT2D eigenvalue weighted by Crippen LogP contribution is -2.30. The van der Waals surface area contributed by atoms with E-state index in [1.165, 1.54) is 0 Å². The number of hydrogen-bond donors (Lipinski definition) is 3. The van der Waals surface area contributed by atoms with Gasteiger partial charge in [0.05, 0.1) is 5.03 Å². The predicted molar refractivity (Wildman–Crippen MR) is 62.9 cm³/mol. The zero-order valence-corrected chi connectivity index (χ0v) is 9.46.